The van der Waals surface area contributed by atoms with E-state index >= 15 is 0 Å². The Morgan fingerprint density at radius 2 is 2.17 bits per heavy atom. The zero-order valence-electron chi connectivity index (χ0n) is 10.0. The second-order valence-corrected chi connectivity index (χ2v) is 5.27. The molecule has 0 unspecified atom stereocenters. The summed E-state index contributed by atoms with van der Waals surface area (Å²) in [5.74, 6) is -0.748. The summed E-state index contributed by atoms with van der Waals surface area (Å²) in [4.78, 5) is 12.7. The molecule has 1 aliphatic rings. The average molecular weight is 314 g/mol. The molecule has 1 saturated heterocycles. The summed E-state index contributed by atoms with van der Waals surface area (Å²) in [5.41, 5.74) is 1.14. The van der Waals surface area contributed by atoms with Gasteiger partial charge in [0.25, 0.3) is 0 Å². The fourth-order valence-electron chi connectivity index (χ4n) is 2.04. The van der Waals surface area contributed by atoms with E-state index in [0.29, 0.717) is 13.2 Å². The number of rotatable bonds is 4. The summed E-state index contributed by atoms with van der Waals surface area (Å²) < 4.78 is 6.78. The van der Waals surface area contributed by atoms with Gasteiger partial charge < -0.3 is 9.84 Å². The third kappa shape index (κ3) is 3.80. The van der Waals surface area contributed by atoms with Gasteiger partial charge in [0, 0.05) is 24.1 Å². The second-order valence-electron chi connectivity index (χ2n) is 4.36. The number of hydrogen-bond donors (Lipinski definition) is 1. The highest BCUT2D eigenvalue weighted by Crippen LogP contribution is 2.23. The molecular weight excluding hydrogens is 298 g/mol. The highest BCUT2D eigenvalue weighted by atomic mass is 79.9. The van der Waals surface area contributed by atoms with Crippen LogP contribution in [0.25, 0.3) is 0 Å². The van der Waals surface area contributed by atoms with Crippen LogP contribution in [0.1, 0.15) is 18.1 Å². The Hall–Kier alpha value is -0.910. The van der Waals surface area contributed by atoms with E-state index in [4.69, 9.17) is 9.84 Å². The van der Waals surface area contributed by atoms with Crippen molar-refractivity contribution in [2.45, 2.75) is 12.5 Å². The van der Waals surface area contributed by atoms with E-state index in [1.807, 2.05) is 24.3 Å². The smallest absolute Gasteiger partial charge is 0.304 e. The van der Waals surface area contributed by atoms with E-state index < -0.39 is 5.97 Å². The molecule has 0 saturated carbocycles. The lowest BCUT2D eigenvalue weighted by atomic mass is 10.1. The molecule has 2 rings (SSSR count). The van der Waals surface area contributed by atoms with Gasteiger partial charge in [-0.3, -0.25) is 9.69 Å². The number of carboxylic acids is 1. The number of ether oxygens (including phenoxy) is 1. The predicted molar refractivity (Wildman–Crippen MR) is 71.5 cm³/mol. The number of aliphatic carboxylic acids is 1. The van der Waals surface area contributed by atoms with E-state index in [2.05, 4.69) is 20.8 Å². The van der Waals surface area contributed by atoms with Crippen molar-refractivity contribution < 1.29 is 14.6 Å². The molecule has 0 spiro atoms. The van der Waals surface area contributed by atoms with E-state index in [1.54, 1.807) is 0 Å². The predicted octanol–water partition coefficient (Wildman–Crippen LogP) is 2.30. The molecule has 5 heteroatoms. The zero-order valence-corrected chi connectivity index (χ0v) is 11.6. The summed E-state index contributed by atoms with van der Waals surface area (Å²) in [7, 11) is 0. The molecule has 1 atom stereocenters. The van der Waals surface area contributed by atoms with Crippen LogP contribution < -0.4 is 0 Å². The van der Waals surface area contributed by atoms with Crippen LogP contribution in [-0.2, 0) is 9.53 Å². The van der Waals surface area contributed by atoms with Gasteiger partial charge >= 0.3 is 5.97 Å². The number of carboxylic acid groups (broad SMARTS) is 1. The minimum Gasteiger partial charge on any atom is -0.481 e. The zero-order chi connectivity index (χ0) is 13.0. The fourth-order valence-corrected chi connectivity index (χ4v) is 2.30. The van der Waals surface area contributed by atoms with Crippen molar-refractivity contribution in [3.63, 3.8) is 0 Å². The molecule has 18 heavy (non-hydrogen) atoms. The molecule has 1 N–H and O–H groups in total. The van der Waals surface area contributed by atoms with Gasteiger partial charge in [-0.2, -0.15) is 0 Å². The van der Waals surface area contributed by atoms with Crippen molar-refractivity contribution >= 4 is 21.9 Å². The lowest BCUT2D eigenvalue weighted by Gasteiger charge is -2.32. The van der Waals surface area contributed by atoms with E-state index in [1.165, 1.54) is 0 Å². The molecule has 1 aromatic carbocycles. The van der Waals surface area contributed by atoms with Gasteiger partial charge in [-0.05, 0) is 17.7 Å². The molecule has 0 aliphatic carbocycles. The van der Waals surface area contributed by atoms with Gasteiger partial charge in [0.05, 0.1) is 19.1 Å². The summed E-state index contributed by atoms with van der Waals surface area (Å²) >= 11 is 3.41. The molecule has 1 fully saturated rings. The first-order valence-corrected chi connectivity index (χ1v) is 6.75. The van der Waals surface area contributed by atoms with Crippen LogP contribution in [0.5, 0.6) is 0 Å². The summed E-state index contributed by atoms with van der Waals surface area (Å²) in [6.45, 7) is 2.81. The number of halogens is 1. The maximum Gasteiger partial charge on any atom is 0.304 e. The summed E-state index contributed by atoms with van der Waals surface area (Å²) in [5, 5.41) is 8.69. The Balaban J connectivity index is 1.93. The molecule has 0 aromatic heterocycles. The Bertz CT molecular complexity index is 407. The van der Waals surface area contributed by atoms with Gasteiger partial charge in [0.15, 0.2) is 0 Å². The van der Waals surface area contributed by atoms with Crippen LogP contribution >= 0.6 is 15.9 Å². The SMILES string of the molecule is O=C(O)CCN1CCO[C@H](c2ccc(Br)cc2)C1. The van der Waals surface area contributed by atoms with Crippen molar-refractivity contribution in [2.24, 2.45) is 0 Å². The van der Waals surface area contributed by atoms with E-state index in [9.17, 15) is 4.79 Å². The minimum absolute atomic E-state index is 0.0423. The van der Waals surface area contributed by atoms with Crippen molar-refractivity contribution in [1.82, 2.24) is 4.90 Å². The Labute approximate surface area is 115 Å². The first kappa shape index (κ1) is 13.5. The van der Waals surface area contributed by atoms with Crippen LogP contribution in [-0.4, -0.2) is 42.2 Å². The lowest BCUT2D eigenvalue weighted by Crippen LogP contribution is -2.39. The van der Waals surface area contributed by atoms with Crippen molar-refractivity contribution in [2.75, 3.05) is 26.2 Å². The quantitative estimate of drug-likeness (QED) is 0.926. The number of hydrogen-bond acceptors (Lipinski definition) is 3. The van der Waals surface area contributed by atoms with Crippen LogP contribution in [0.15, 0.2) is 28.7 Å². The normalized spacial score (nSPS) is 20.8. The third-order valence-corrected chi connectivity index (χ3v) is 3.56. The Kier molecular flexibility index (Phi) is 4.74. The minimum atomic E-state index is -0.748. The molecule has 1 aliphatic heterocycles. The fraction of sp³-hybridized carbons (Fsp3) is 0.462. The second kappa shape index (κ2) is 6.31. The van der Waals surface area contributed by atoms with E-state index in [-0.39, 0.29) is 12.5 Å². The van der Waals surface area contributed by atoms with Gasteiger partial charge in [-0.25, -0.2) is 0 Å². The topological polar surface area (TPSA) is 49.8 Å². The van der Waals surface area contributed by atoms with Crippen LogP contribution in [0.4, 0.5) is 0 Å². The standard InChI is InChI=1S/C13H16BrNO3/c14-11-3-1-10(2-4-11)12-9-15(7-8-18-12)6-5-13(16)17/h1-4,12H,5-9H2,(H,16,17)/t12-/m0/s1. The van der Waals surface area contributed by atoms with Gasteiger partial charge in [0.2, 0.25) is 0 Å². The number of benzene rings is 1. The summed E-state index contributed by atoms with van der Waals surface area (Å²) in [6.07, 6.45) is 0.230. The monoisotopic (exact) mass is 313 g/mol. The van der Waals surface area contributed by atoms with Crippen molar-refractivity contribution in [1.29, 1.82) is 0 Å². The van der Waals surface area contributed by atoms with Gasteiger partial charge in [-0.1, -0.05) is 28.1 Å². The molecule has 4 nitrogen and oxygen atoms in total. The Morgan fingerprint density at radius 3 is 2.83 bits per heavy atom. The van der Waals surface area contributed by atoms with E-state index in [0.717, 1.165) is 23.1 Å². The van der Waals surface area contributed by atoms with Crippen LogP contribution in [0.3, 0.4) is 0 Å². The Morgan fingerprint density at radius 1 is 1.44 bits per heavy atom. The maximum absolute atomic E-state index is 10.6. The first-order chi connectivity index (χ1) is 8.65. The van der Waals surface area contributed by atoms with Gasteiger partial charge in [-0.15, -0.1) is 0 Å². The molecule has 98 valence electrons. The molecule has 1 heterocycles. The number of morpholine rings is 1. The molecule has 0 bridgehead atoms. The first-order valence-electron chi connectivity index (χ1n) is 5.96. The van der Waals surface area contributed by atoms with Gasteiger partial charge in [0.1, 0.15) is 0 Å². The molecule has 0 amide bonds. The molecular formula is C13H16BrNO3. The number of carbonyl (C=O) groups is 1. The van der Waals surface area contributed by atoms with Crippen LogP contribution in [0.2, 0.25) is 0 Å². The summed E-state index contributed by atoms with van der Waals surface area (Å²) in [6, 6.07) is 8.06. The molecule has 0 radical (unpaired) electrons. The lowest BCUT2D eigenvalue weighted by molar-refractivity contribution is -0.137. The van der Waals surface area contributed by atoms with Crippen molar-refractivity contribution in [3.8, 4) is 0 Å². The molecule has 1 aromatic rings. The highest BCUT2D eigenvalue weighted by molar-refractivity contribution is 9.10. The maximum atomic E-state index is 10.6. The largest absolute Gasteiger partial charge is 0.481 e. The highest BCUT2D eigenvalue weighted by Gasteiger charge is 2.22. The number of nitrogens with zero attached hydrogens (tertiary/aromatic N) is 1. The van der Waals surface area contributed by atoms with Crippen LogP contribution in [0, 0.1) is 0 Å². The van der Waals surface area contributed by atoms with Crippen molar-refractivity contribution in [3.05, 3.63) is 34.3 Å². The average Bonchev–Trinajstić information content (AvgIpc) is 2.37. The third-order valence-electron chi connectivity index (χ3n) is 3.03.